The highest BCUT2D eigenvalue weighted by Gasteiger charge is 2.47. The Bertz CT molecular complexity index is 699. The van der Waals surface area contributed by atoms with Gasteiger partial charge in [0, 0.05) is 25.4 Å². The summed E-state index contributed by atoms with van der Waals surface area (Å²) in [5.41, 5.74) is 0.0951. The van der Waals surface area contributed by atoms with Gasteiger partial charge in [-0.05, 0) is 38.1 Å². The van der Waals surface area contributed by atoms with E-state index >= 15 is 0 Å². The first-order valence-corrected chi connectivity index (χ1v) is 9.53. The predicted molar refractivity (Wildman–Crippen MR) is 96.2 cm³/mol. The number of para-hydroxylation sites is 1. The summed E-state index contributed by atoms with van der Waals surface area (Å²) < 4.78 is 6.22. The summed E-state index contributed by atoms with van der Waals surface area (Å²) in [5, 5.41) is 9.04. The third-order valence-corrected chi connectivity index (χ3v) is 5.98. The van der Waals surface area contributed by atoms with Gasteiger partial charge in [0.2, 0.25) is 5.91 Å². The smallest absolute Gasteiger partial charge is 0.225 e. The molecule has 1 amide bonds. The van der Waals surface area contributed by atoms with Gasteiger partial charge in [-0.2, -0.15) is 0 Å². The van der Waals surface area contributed by atoms with Crippen LogP contribution in [0.5, 0.6) is 5.75 Å². The zero-order valence-electron chi connectivity index (χ0n) is 15.0. The molecule has 6 heteroatoms. The van der Waals surface area contributed by atoms with Gasteiger partial charge >= 0.3 is 0 Å². The Morgan fingerprint density at radius 1 is 1.23 bits per heavy atom. The fraction of sp³-hybridized carbons (Fsp3) is 0.600. The van der Waals surface area contributed by atoms with E-state index in [-0.39, 0.29) is 24.2 Å². The highest BCUT2D eigenvalue weighted by Crippen LogP contribution is 2.39. The van der Waals surface area contributed by atoms with Gasteiger partial charge in [-0.1, -0.05) is 12.1 Å². The van der Waals surface area contributed by atoms with Gasteiger partial charge in [-0.3, -0.25) is 9.59 Å². The summed E-state index contributed by atoms with van der Waals surface area (Å²) in [6.45, 7) is 3.73. The average Bonchev–Trinajstić information content (AvgIpc) is 3.05. The third kappa shape index (κ3) is 3.23. The Labute approximate surface area is 153 Å². The van der Waals surface area contributed by atoms with Crippen LogP contribution in [0.1, 0.15) is 36.0 Å². The van der Waals surface area contributed by atoms with E-state index in [0.29, 0.717) is 43.8 Å². The highest BCUT2D eigenvalue weighted by atomic mass is 16.5. The van der Waals surface area contributed by atoms with Crippen molar-refractivity contribution in [3.05, 3.63) is 29.8 Å². The first-order valence-electron chi connectivity index (χ1n) is 9.53. The van der Waals surface area contributed by atoms with E-state index in [1.165, 1.54) is 0 Å². The van der Waals surface area contributed by atoms with Crippen molar-refractivity contribution in [1.29, 1.82) is 0 Å². The third-order valence-electron chi connectivity index (χ3n) is 5.98. The quantitative estimate of drug-likeness (QED) is 0.883. The maximum absolute atomic E-state index is 12.9. The van der Waals surface area contributed by atoms with E-state index in [1.807, 2.05) is 29.2 Å². The zero-order chi connectivity index (χ0) is 18.1. The number of carbonyl (C=O) groups excluding carboxylic acids is 2. The van der Waals surface area contributed by atoms with E-state index in [4.69, 9.17) is 9.84 Å². The standard InChI is InChI=1S/C20H26N2O4/c23-12-11-21-8-5-15(6-9-21)19(25)22-10-7-20(14-22)13-17(24)16-3-1-2-4-18(16)26-20/h1-4,15,23H,5-14H2/t20-/m0/s1. The maximum atomic E-state index is 12.9. The molecule has 6 nitrogen and oxygen atoms in total. The first kappa shape index (κ1) is 17.5. The molecular formula is C20H26N2O4. The lowest BCUT2D eigenvalue weighted by Crippen LogP contribution is -2.47. The van der Waals surface area contributed by atoms with Crippen LogP contribution in [0.4, 0.5) is 0 Å². The van der Waals surface area contributed by atoms with Gasteiger partial charge in [0.1, 0.15) is 11.4 Å². The van der Waals surface area contributed by atoms with E-state index in [9.17, 15) is 9.59 Å². The van der Waals surface area contributed by atoms with Gasteiger partial charge < -0.3 is 19.6 Å². The number of hydrogen-bond acceptors (Lipinski definition) is 5. The Hall–Kier alpha value is -1.92. The lowest BCUT2D eigenvalue weighted by atomic mass is 9.89. The van der Waals surface area contributed by atoms with Crippen LogP contribution in [0.3, 0.4) is 0 Å². The van der Waals surface area contributed by atoms with Crippen molar-refractivity contribution in [2.24, 2.45) is 5.92 Å². The molecule has 0 unspecified atom stereocenters. The van der Waals surface area contributed by atoms with Crippen LogP contribution in [-0.2, 0) is 4.79 Å². The number of aliphatic hydroxyl groups excluding tert-OH is 1. The van der Waals surface area contributed by atoms with Gasteiger partial charge in [0.25, 0.3) is 0 Å². The molecule has 1 aromatic carbocycles. The number of nitrogens with zero attached hydrogens (tertiary/aromatic N) is 2. The molecule has 3 heterocycles. The summed E-state index contributed by atoms with van der Waals surface area (Å²) in [5.74, 6) is 1.00. The van der Waals surface area contributed by atoms with Gasteiger partial charge in [-0.25, -0.2) is 0 Å². The number of rotatable bonds is 3. The molecule has 0 aromatic heterocycles. The number of piperidine rings is 1. The van der Waals surface area contributed by atoms with Crippen molar-refractivity contribution in [3.63, 3.8) is 0 Å². The molecule has 0 radical (unpaired) electrons. The number of likely N-dealkylation sites (tertiary alicyclic amines) is 2. The van der Waals surface area contributed by atoms with Crippen molar-refractivity contribution in [2.75, 3.05) is 39.3 Å². The van der Waals surface area contributed by atoms with E-state index in [2.05, 4.69) is 4.90 Å². The predicted octanol–water partition coefficient (Wildman–Crippen LogP) is 1.33. The summed E-state index contributed by atoms with van der Waals surface area (Å²) in [6, 6.07) is 7.38. The summed E-state index contributed by atoms with van der Waals surface area (Å²) in [4.78, 5) is 29.5. The van der Waals surface area contributed by atoms with Crippen LogP contribution in [0, 0.1) is 5.92 Å². The number of amides is 1. The largest absolute Gasteiger partial charge is 0.484 e. The minimum atomic E-state index is -0.557. The summed E-state index contributed by atoms with van der Waals surface area (Å²) >= 11 is 0. The molecule has 0 bridgehead atoms. The Kier molecular flexibility index (Phi) is 4.71. The number of aliphatic hydroxyl groups is 1. The van der Waals surface area contributed by atoms with Crippen molar-refractivity contribution in [2.45, 2.75) is 31.3 Å². The number of ether oxygens (including phenoxy) is 1. The highest BCUT2D eigenvalue weighted by molar-refractivity contribution is 6.00. The molecule has 1 atom stereocenters. The molecule has 3 aliphatic rings. The van der Waals surface area contributed by atoms with Gasteiger partial charge in [0.15, 0.2) is 5.78 Å². The molecule has 1 aromatic rings. The van der Waals surface area contributed by atoms with Crippen LogP contribution in [0.15, 0.2) is 24.3 Å². The van der Waals surface area contributed by atoms with Crippen LogP contribution in [0.2, 0.25) is 0 Å². The molecule has 3 aliphatic heterocycles. The maximum Gasteiger partial charge on any atom is 0.225 e. The molecule has 1 spiro atoms. The van der Waals surface area contributed by atoms with Crippen molar-refractivity contribution in [1.82, 2.24) is 9.80 Å². The lowest BCUT2D eigenvalue weighted by Gasteiger charge is -2.36. The molecule has 1 N–H and O–H groups in total. The number of hydrogen-bond donors (Lipinski definition) is 1. The fourth-order valence-corrected chi connectivity index (χ4v) is 4.51. The number of carbonyl (C=O) groups is 2. The number of fused-ring (bicyclic) bond motifs is 1. The van der Waals surface area contributed by atoms with Crippen molar-refractivity contribution in [3.8, 4) is 5.75 Å². The Morgan fingerprint density at radius 2 is 2.00 bits per heavy atom. The molecule has 140 valence electrons. The Balaban J connectivity index is 1.40. The summed E-state index contributed by atoms with van der Waals surface area (Å²) in [7, 11) is 0. The van der Waals surface area contributed by atoms with E-state index in [1.54, 1.807) is 0 Å². The zero-order valence-corrected chi connectivity index (χ0v) is 15.0. The van der Waals surface area contributed by atoms with Crippen LogP contribution >= 0.6 is 0 Å². The Morgan fingerprint density at radius 3 is 2.77 bits per heavy atom. The minimum absolute atomic E-state index is 0.0478. The molecule has 2 saturated heterocycles. The number of benzene rings is 1. The normalized spacial score (nSPS) is 26.8. The first-order chi connectivity index (χ1) is 12.6. The number of β-amino-alcohol motifs (C(OH)–C–C–N with tert-alkyl or cyclic N) is 1. The van der Waals surface area contributed by atoms with Crippen molar-refractivity contribution < 1.29 is 19.4 Å². The molecule has 4 rings (SSSR count). The molecule has 0 saturated carbocycles. The lowest BCUT2D eigenvalue weighted by molar-refractivity contribution is -0.136. The fourth-order valence-electron chi connectivity index (χ4n) is 4.51. The second-order valence-corrected chi connectivity index (χ2v) is 7.73. The summed E-state index contributed by atoms with van der Waals surface area (Å²) in [6.07, 6.45) is 2.74. The molecular weight excluding hydrogens is 332 g/mol. The number of Topliss-reactive ketones (excluding diaryl/α,β-unsaturated/α-hetero) is 1. The van der Waals surface area contributed by atoms with E-state index < -0.39 is 5.60 Å². The topological polar surface area (TPSA) is 70.1 Å². The van der Waals surface area contributed by atoms with Crippen LogP contribution < -0.4 is 4.74 Å². The second kappa shape index (κ2) is 7.00. The number of ketones is 1. The molecule has 0 aliphatic carbocycles. The monoisotopic (exact) mass is 358 g/mol. The minimum Gasteiger partial charge on any atom is -0.484 e. The average molecular weight is 358 g/mol. The van der Waals surface area contributed by atoms with Gasteiger partial charge in [-0.15, -0.1) is 0 Å². The van der Waals surface area contributed by atoms with E-state index in [0.717, 1.165) is 25.9 Å². The van der Waals surface area contributed by atoms with Crippen molar-refractivity contribution >= 4 is 11.7 Å². The van der Waals surface area contributed by atoms with Gasteiger partial charge in [0.05, 0.1) is 25.1 Å². The molecule has 26 heavy (non-hydrogen) atoms. The SMILES string of the molecule is O=C1C[C@]2(CCN(C(=O)C3CCN(CCO)CC3)C2)Oc2ccccc21. The molecule has 2 fully saturated rings. The second-order valence-electron chi connectivity index (χ2n) is 7.73. The van der Waals surface area contributed by atoms with Crippen LogP contribution in [0.25, 0.3) is 0 Å². The van der Waals surface area contributed by atoms with Crippen LogP contribution in [-0.4, -0.2) is 71.5 Å².